The van der Waals surface area contributed by atoms with Crippen LogP contribution in [0.5, 0.6) is 0 Å². The first-order chi connectivity index (χ1) is 14.8. The van der Waals surface area contributed by atoms with E-state index < -0.39 is 10.0 Å². The molecule has 0 aliphatic heterocycles. The highest BCUT2D eigenvalue weighted by Gasteiger charge is 2.25. The Morgan fingerprint density at radius 3 is 2.74 bits per heavy atom. The van der Waals surface area contributed by atoms with E-state index in [0.717, 1.165) is 38.5 Å². The Morgan fingerprint density at radius 1 is 1.29 bits per heavy atom. The van der Waals surface area contributed by atoms with Crippen molar-refractivity contribution in [1.82, 2.24) is 14.3 Å². The molecular weight excluding hydrogens is 525 g/mol. The normalized spacial score (nSPS) is 16.7. The summed E-state index contributed by atoms with van der Waals surface area (Å²) in [7, 11) is -3.78. The number of aryl methyl sites for hydroxylation is 1. The fourth-order valence-corrected chi connectivity index (χ4v) is 6.19. The van der Waals surface area contributed by atoms with Gasteiger partial charge in [-0.2, -0.15) is 0 Å². The minimum atomic E-state index is -3.78. The molecule has 0 saturated heterocycles. The molecule has 0 fully saturated rings. The van der Waals surface area contributed by atoms with E-state index in [-0.39, 0.29) is 16.8 Å². The monoisotopic (exact) mass is 547 g/mol. The Hall–Kier alpha value is -2.46. The third kappa shape index (κ3) is 4.18. The van der Waals surface area contributed by atoms with Crippen LogP contribution in [0, 0.1) is 10.5 Å². The Morgan fingerprint density at radius 2 is 2.03 bits per heavy atom. The van der Waals surface area contributed by atoms with E-state index in [0.29, 0.717) is 12.1 Å². The van der Waals surface area contributed by atoms with Gasteiger partial charge in [0.25, 0.3) is 10.0 Å². The Kier molecular flexibility index (Phi) is 6.02. The second-order valence-electron chi connectivity index (χ2n) is 7.57. The lowest BCUT2D eigenvalue weighted by Crippen LogP contribution is -2.34. The summed E-state index contributed by atoms with van der Waals surface area (Å²) >= 11 is 2.16. The summed E-state index contributed by atoms with van der Waals surface area (Å²) in [6.07, 6.45) is 9.07. The number of amides is 1. The van der Waals surface area contributed by atoms with E-state index in [1.54, 1.807) is 36.7 Å². The minimum absolute atomic E-state index is 0.0183. The summed E-state index contributed by atoms with van der Waals surface area (Å²) in [5, 5.41) is 3.78. The molecule has 31 heavy (non-hydrogen) atoms. The van der Waals surface area contributed by atoms with Crippen LogP contribution in [-0.2, 0) is 14.8 Å². The summed E-state index contributed by atoms with van der Waals surface area (Å²) in [6, 6.07) is 8.73. The lowest BCUT2D eigenvalue weighted by atomic mass is 9.89. The number of hydrogen-bond acceptors (Lipinski definition) is 4. The summed E-state index contributed by atoms with van der Waals surface area (Å²) in [4.78, 5) is 16.4. The minimum Gasteiger partial charge on any atom is -0.349 e. The molecule has 1 aromatic carbocycles. The van der Waals surface area contributed by atoms with Crippen LogP contribution in [0.1, 0.15) is 30.4 Å². The number of fused-ring (bicyclic) bond motifs is 1. The van der Waals surface area contributed by atoms with E-state index in [2.05, 4.69) is 45.5 Å². The van der Waals surface area contributed by atoms with Crippen LogP contribution < -0.4 is 5.32 Å². The maximum Gasteiger partial charge on any atom is 0.269 e. The molecule has 1 aliphatic rings. The molecule has 6 nitrogen and oxygen atoms in total. The quantitative estimate of drug-likeness (QED) is 0.379. The number of nitrogens with zero attached hydrogens (tertiary/aromatic N) is 2. The molecule has 1 unspecified atom stereocenters. The fraction of sp³-hybridized carbons (Fsp3) is 0.217. The van der Waals surface area contributed by atoms with Gasteiger partial charge in [-0.1, -0.05) is 30.4 Å². The summed E-state index contributed by atoms with van der Waals surface area (Å²) in [5.74, 6) is -0.184. The van der Waals surface area contributed by atoms with Gasteiger partial charge in [0.1, 0.15) is 0 Å². The van der Waals surface area contributed by atoms with Gasteiger partial charge in [0, 0.05) is 27.4 Å². The lowest BCUT2D eigenvalue weighted by molar-refractivity contribution is -0.117. The molecule has 0 bridgehead atoms. The molecule has 8 heteroatoms. The van der Waals surface area contributed by atoms with Crippen LogP contribution in [0.25, 0.3) is 16.6 Å². The molecule has 0 radical (unpaired) electrons. The van der Waals surface area contributed by atoms with E-state index in [9.17, 15) is 13.2 Å². The standard InChI is InChI=1S/C23H22IN3O3S/c1-3-21(28)26-17-6-4-5-16(13-17)19-11-12-25-23-22(19)20(24)14-27(23)31(29,30)18-9-7-15(2)8-10-18/h3,5,7-12,14,17H,1,4,6,13H2,2H3,(H,26,28). The molecule has 160 valence electrons. The van der Waals surface area contributed by atoms with Crippen molar-refractivity contribution in [3.63, 3.8) is 0 Å². The Bertz CT molecular complexity index is 1310. The van der Waals surface area contributed by atoms with Crippen LogP contribution >= 0.6 is 22.6 Å². The number of nitrogens with one attached hydrogen (secondary N) is 1. The van der Waals surface area contributed by atoms with Crippen LogP contribution in [-0.4, -0.2) is 29.3 Å². The van der Waals surface area contributed by atoms with E-state index in [1.807, 2.05) is 13.0 Å². The topological polar surface area (TPSA) is 81.1 Å². The van der Waals surface area contributed by atoms with Crippen molar-refractivity contribution in [2.75, 3.05) is 0 Å². The fourth-order valence-electron chi connectivity index (χ4n) is 3.87. The predicted octanol–water partition coefficient (Wildman–Crippen LogP) is 4.42. The van der Waals surface area contributed by atoms with Gasteiger partial charge < -0.3 is 5.32 Å². The lowest BCUT2D eigenvalue weighted by Gasteiger charge is -2.24. The SMILES string of the molecule is C=CC(=O)NC1CCC=C(c2ccnc3c2c(I)cn3S(=O)(=O)c2ccc(C)cc2)C1. The van der Waals surface area contributed by atoms with Crippen molar-refractivity contribution in [2.45, 2.75) is 37.1 Å². The number of rotatable bonds is 5. The van der Waals surface area contributed by atoms with Crippen LogP contribution in [0.3, 0.4) is 0 Å². The number of pyridine rings is 1. The van der Waals surface area contributed by atoms with Crippen LogP contribution in [0.4, 0.5) is 0 Å². The molecule has 0 saturated carbocycles. The van der Waals surface area contributed by atoms with Crippen LogP contribution in [0.15, 0.2) is 66.4 Å². The second kappa shape index (κ2) is 8.58. The van der Waals surface area contributed by atoms with Crippen molar-refractivity contribution in [3.8, 4) is 0 Å². The third-order valence-electron chi connectivity index (χ3n) is 5.44. The van der Waals surface area contributed by atoms with E-state index >= 15 is 0 Å². The second-order valence-corrected chi connectivity index (χ2v) is 10.5. The Labute approximate surface area is 195 Å². The van der Waals surface area contributed by atoms with E-state index in [1.165, 1.54) is 10.0 Å². The summed E-state index contributed by atoms with van der Waals surface area (Å²) in [6.45, 7) is 5.43. The van der Waals surface area contributed by atoms with Gasteiger partial charge in [0.2, 0.25) is 5.91 Å². The molecule has 3 aromatic rings. The average Bonchev–Trinajstić information content (AvgIpc) is 3.12. The number of carbonyl (C=O) groups is 1. The summed E-state index contributed by atoms with van der Waals surface area (Å²) in [5.41, 5.74) is 3.43. The first-order valence-corrected chi connectivity index (χ1v) is 12.4. The zero-order valence-electron chi connectivity index (χ0n) is 17.0. The molecule has 1 aliphatic carbocycles. The number of aromatic nitrogens is 2. The van der Waals surface area contributed by atoms with Crippen molar-refractivity contribution in [2.24, 2.45) is 0 Å². The van der Waals surface area contributed by atoms with Gasteiger partial charge in [-0.3, -0.25) is 4.79 Å². The van der Waals surface area contributed by atoms with Gasteiger partial charge in [-0.15, -0.1) is 0 Å². The first kappa shape index (κ1) is 21.8. The average molecular weight is 547 g/mol. The van der Waals surface area contributed by atoms with E-state index in [4.69, 9.17) is 0 Å². The van der Waals surface area contributed by atoms with Crippen molar-refractivity contribution in [3.05, 3.63) is 76.2 Å². The Balaban J connectivity index is 1.78. The highest BCUT2D eigenvalue weighted by molar-refractivity contribution is 14.1. The van der Waals surface area contributed by atoms with Crippen molar-refractivity contribution in [1.29, 1.82) is 0 Å². The molecule has 0 spiro atoms. The molecule has 1 N–H and O–H groups in total. The third-order valence-corrected chi connectivity index (χ3v) is 7.92. The zero-order chi connectivity index (χ0) is 22.2. The smallest absolute Gasteiger partial charge is 0.269 e. The molecule has 1 amide bonds. The first-order valence-electron chi connectivity index (χ1n) is 9.91. The van der Waals surface area contributed by atoms with Crippen molar-refractivity contribution >= 4 is 55.1 Å². The molecule has 2 aromatic heterocycles. The molecule has 4 rings (SSSR count). The number of carbonyl (C=O) groups excluding carboxylic acids is 1. The van der Waals surface area contributed by atoms with Gasteiger partial charge in [0.15, 0.2) is 5.65 Å². The molecule has 2 heterocycles. The summed E-state index contributed by atoms with van der Waals surface area (Å²) < 4.78 is 28.7. The molecule has 1 atom stereocenters. The zero-order valence-corrected chi connectivity index (χ0v) is 20.0. The predicted molar refractivity (Wildman–Crippen MR) is 130 cm³/mol. The number of benzene rings is 1. The highest BCUT2D eigenvalue weighted by Crippen LogP contribution is 2.35. The number of halogens is 1. The number of hydrogen-bond donors (Lipinski definition) is 1. The van der Waals surface area contributed by atoms with Gasteiger partial charge >= 0.3 is 0 Å². The maximum atomic E-state index is 13.3. The molecular formula is C23H22IN3O3S. The van der Waals surface area contributed by atoms with Gasteiger partial charge in [-0.25, -0.2) is 17.4 Å². The van der Waals surface area contributed by atoms with Gasteiger partial charge in [0.05, 0.1) is 4.90 Å². The maximum absolute atomic E-state index is 13.3. The van der Waals surface area contributed by atoms with Crippen LogP contribution in [0.2, 0.25) is 0 Å². The highest BCUT2D eigenvalue weighted by atomic mass is 127. The number of allylic oxidation sites excluding steroid dienone is 1. The van der Waals surface area contributed by atoms with Gasteiger partial charge in [-0.05, 0) is 84.2 Å². The van der Waals surface area contributed by atoms with Crippen molar-refractivity contribution < 1.29 is 13.2 Å². The largest absolute Gasteiger partial charge is 0.349 e.